The first-order chi connectivity index (χ1) is 10.1. The van der Waals surface area contributed by atoms with Crippen LogP contribution in [0.15, 0.2) is 12.1 Å². The fourth-order valence-corrected chi connectivity index (χ4v) is 4.84. The third-order valence-corrected chi connectivity index (χ3v) is 5.70. The van der Waals surface area contributed by atoms with Crippen LogP contribution >= 0.6 is 0 Å². The summed E-state index contributed by atoms with van der Waals surface area (Å²) in [7, 11) is 0. The van der Waals surface area contributed by atoms with Gasteiger partial charge < -0.3 is 4.74 Å². The van der Waals surface area contributed by atoms with Gasteiger partial charge in [0.2, 0.25) is 0 Å². The first-order valence-electron chi connectivity index (χ1n) is 8.79. The van der Waals surface area contributed by atoms with Gasteiger partial charge in [0, 0.05) is 13.2 Å². The van der Waals surface area contributed by atoms with E-state index < -0.39 is 0 Å². The zero-order valence-corrected chi connectivity index (χ0v) is 14.0. The molecule has 1 saturated carbocycles. The van der Waals surface area contributed by atoms with Gasteiger partial charge in [0.1, 0.15) is 0 Å². The lowest BCUT2D eigenvalue weighted by Gasteiger charge is -2.25. The van der Waals surface area contributed by atoms with Crippen molar-refractivity contribution >= 4 is 0 Å². The Morgan fingerprint density at radius 2 is 1.57 bits per heavy atom. The number of benzene rings is 1. The summed E-state index contributed by atoms with van der Waals surface area (Å²) in [5, 5.41) is 0. The largest absolute Gasteiger partial charge is 0.381 e. The molecule has 2 atom stereocenters. The van der Waals surface area contributed by atoms with E-state index in [2.05, 4.69) is 32.9 Å². The number of aryl methyl sites for hydroxylation is 3. The van der Waals surface area contributed by atoms with E-state index in [1.54, 1.807) is 5.56 Å². The molecule has 1 heteroatoms. The Kier molecular flexibility index (Phi) is 4.69. The van der Waals surface area contributed by atoms with Gasteiger partial charge in [-0.05, 0) is 93.7 Å². The predicted molar refractivity (Wildman–Crippen MR) is 88.9 cm³/mol. The van der Waals surface area contributed by atoms with Gasteiger partial charge in [-0.1, -0.05) is 17.7 Å². The van der Waals surface area contributed by atoms with Gasteiger partial charge in [-0.3, -0.25) is 0 Å². The molecular formula is C20H30O. The van der Waals surface area contributed by atoms with Crippen molar-refractivity contribution in [3.63, 3.8) is 0 Å². The van der Waals surface area contributed by atoms with E-state index in [1.165, 1.54) is 55.2 Å². The Labute approximate surface area is 130 Å². The molecule has 1 heterocycles. The Morgan fingerprint density at radius 1 is 0.905 bits per heavy atom. The van der Waals surface area contributed by atoms with Gasteiger partial charge >= 0.3 is 0 Å². The third kappa shape index (κ3) is 3.51. The fourth-order valence-electron chi connectivity index (χ4n) is 4.84. The molecule has 116 valence electrons. The molecule has 0 radical (unpaired) electrons. The number of rotatable bonds is 3. The summed E-state index contributed by atoms with van der Waals surface area (Å²) >= 11 is 0. The summed E-state index contributed by atoms with van der Waals surface area (Å²) in [6, 6.07) is 4.74. The smallest absolute Gasteiger partial charge is 0.0468 e. The lowest BCUT2D eigenvalue weighted by atomic mass is 9.85. The standard InChI is InChI=1S/C20H30O/c1-14-10-15(2)20(16(3)11-14)19-5-4-18(13-19)12-17-6-8-21-9-7-17/h10-11,17-19H,4-9,12-13H2,1-3H3. The molecule has 1 aromatic carbocycles. The van der Waals surface area contributed by atoms with Gasteiger partial charge in [-0.2, -0.15) is 0 Å². The van der Waals surface area contributed by atoms with E-state index in [0.29, 0.717) is 0 Å². The Balaban J connectivity index is 1.64. The fraction of sp³-hybridized carbons (Fsp3) is 0.700. The maximum atomic E-state index is 5.50. The topological polar surface area (TPSA) is 9.23 Å². The zero-order valence-electron chi connectivity index (χ0n) is 14.0. The van der Waals surface area contributed by atoms with Gasteiger partial charge in [-0.15, -0.1) is 0 Å². The molecule has 2 aliphatic rings. The van der Waals surface area contributed by atoms with Crippen LogP contribution in [-0.4, -0.2) is 13.2 Å². The summed E-state index contributed by atoms with van der Waals surface area (Å²) in [4.78, 5) is 0. The lowest BCUT2D eigenvalue weighted by molar-refractivity contribution is 0.0588. The van der Waals surface area contributed by atoms with E-state index in [9.17, 15) is 0 Å². The molecule has 2 fully saturated rings. The summed E-state index contributed by atoms with van der Waals surface area (Å²) in [6.07, 6.45) is 8.30. The van der Waals surface area contributed by atoms with Crippen LogP contribution in [0.1, 0.15) is 66.7 Å². The lowest BCUT2D eigenvalue weighted by Crippen LogP contribution is -2.18. The van der Waals surface area contributed by atoms with Gasteiger partial charge in [-0.25, -0.2) is 0 Å². The van der Waals surface area contributed by atoms with E-state index in [-0.39, 0.29) is 0 Å². The van der Waals surface area contributed by atoms with Crippen LogP contribution in [0.3, 0.4) is 0 Å². The first-order valence-corrected chi connectivity index (χ1v) is 8.79. The maximum Gasteiger partial charge on any atom is 0.0468 e. The molecule has 1 saturated heterocycles. The normalized spacial score (nSPS) is 27.2. The number of hydrogen-bond acceptors (Lipinski definition) is 1. The SMILES string of the molecule is Cc1cc(C)c(C2CCC(CC3CCOCC3)C2)c(C)c1. The molecule has 1 aliphatic heterocycles. The van der Waals surface area contributed by atoms with Crippen LogP contribution in [0.2, 0.25) is 0 Å². The van der Waals surface area contributed by atoms with Crippen LogP contribution in [0.25, 0.3) is 0 Å². The van der Waals surface area contributed by atoms with Crippen molar-refractivity contribution in [3.8, 4) is 0 Å². The molecule has 0 spiro atoms. The Morgan fingerprint density at radius 3 is 2.24 bits per heavy atom. The van der Waals surface area contributed by atoms with Crippen LogP contribution in [0.4, 0.5) is 0 Å². The van der Waals surface area contributed by atoms with E-state index in [1.807, 2.05) is 0 Å². The first kappa shape index (κ1) is 15.1. The van der Waals surface area contributed by atoms with Crippen molar-refractivity contribution in [2.75, 3.05) is 13.2 Å². The van der Waals surface area contributed by atoms with Crippen LogP contribution in [0, 0.1) is 32.6 Å². The van der Waals surface area contributed by atoms with Gasteiger partial charge in [0.15, 0.2) is 0 Å². The van der Waals surface area contributed by atoms with Crippen molar-refractivity contribution in [2.24, 2.45) is 11.8 Å². The van der Waals surface area contributed by atoms with Crippen molar-refractivity contribution in [2.45, 2.75) is 65.2 Å². The van der Waals surface area contributed by atoms with Crippen molar-refractivity contribution in [3.05, 3.63) is 34.4 Å². The molecule has 3 rings (SSSR count). The molecule has 0 bridgehead atoms. The highest BCUT2D eigenvalue weighted by atomic mass is 16.5. The van der Waals surface area contributed by atoms with E-state index >= 15 is 0 Å². The summed E-state index contributed by atoms with van der Waals surface area (Å²) in [6.45, 7) is 8.82. The monoisotopic (exact) mass is 286 g/mol. The molecule has 0 N–H and O–H groups in total. The molecular weight excluding hydrogens is 256 g/mol. The minimum absolute atomic E-state index is 0.815. The van der Waals surface area contributed by atoms with E-state index in [0.717, 1.165) is 31.0 Å². The third-order valence-electron chi connectivity index (χ3n) is 5.70. The molecule has 1 nitrogen and oxygen atoms in total. The highest BCUT2D eigenvalue weighted by molar-refractivity contribution is 5.40. The van der Waals surface area contributed by atoms with Gasteiger partial charge in [0.25, 0.3) is 0 Å². The molecule has 0 aromatic heterocycles. The van der Waals surface area contributed by atoms with Crippen LogP contribution in [0.5, 0.6) is 0 Å². The molecule has 1 aliphatic carbocycles. The van der Waals surface area contributed by atoms with Gasteiger partial charge in [0.05, 0.1) is 0 Å². The molecule has 2 unspecified atom stereocenters. The summed E-state index contributed by atoms with van der Waals surface area (Å²) < 4.78 is 5.50. The summed E-state index contributed by atoms with van der Waals surface area (Å²) in [5.74, 6) is 2.70. The average molecular weight is 286 g/mol. The predicted octanol–water partition coefficient (Wildman–Crippen LogP) is 5.31. The average Bonchev–Trinajstić information content (AvgIpc) is 2.87. The second-order valence-corrected chi connectivity index (χ2v) is 7.48. The number of ether oxygens (including phenoxy) is 1. The number of hydrogen-bond donors (Lipinski definition) is 0. The Bertz CT molecular complexity index is 462. The van der Waals surface area contributed by atoms with E-state index in [4.69, 9.17) is 4.74 Å². The minimum atomic E-state index is 0.815. The summed E-state index contributed by atoms with van der Waals surface area (Å²) in [5.41, 5.74) is 6.11. The highest BCUT2D eigenvalue weighted by Crippen LogP contribution is 2.44. The molecule has 21 heavy (non-hydrogen) atoms. The minimum Gasteiger partial charge on any atom is -0.381 e. The highest BCUT2D eigenvalue weighted by Gasteiger charge is 2.30. The van der Waals surface area contributed by atoms with Crippen molar-refractivity contribution in [1.82, 2.24) is 0 Å². The second-order valence-electron chi connectivity index (χ2n) is 7.48. The maximum absolute atomic E-state index is 5.50. The quantitative estimate of drug-likeness (QED) is 0.731. The van der Waals surface area contributed by atoms with Crippen molar-refractivity contribution in [1.29, 1.82) is 0 Å². The zero-order chi connectivity index (χ0) is 14.8. The van der Waals surface area contributed by atoms with Crippen molar-refractivity contribution < 1.29 is 4.74 Å². The van der Waals surface area contributed by atoms with Crippen LogP contribution < -0.4 is 0 Å². The molecule has 1 aromatic rings. The Hall–Kier alpha value is -0.820. The van der Waals surface area contributed by atoms with Crippen LogP contribution in [-0.2, 0) is 4.74 Å². The second kappa shape index (κ2) is 6.52. The molecule has 0 amide bonds.